The smallest absolute Gasteiger partial charge is 0.258 e. The molecule has 5 heteroatoms. The van der Waals surface area contributed by atoms with E-state index in [1.165, 1.54) is 0 Å². The van der Waals surface area contributed by atoms with E-state index in [2.05, 4.69) is 22.3 Å². The van der Waals surface area contributed by atoms with Crippen LogP contribution in [0.1, 0.15) is 35.8 Å². The summed E-state index contributed by atoms with van der Waals surface area (Å²) in [4.78, 5) is 12.4. The van der Waals surface area contributed by atoms with Crippen LogP contribution in [0.5, 0.6) is 0 Å². The quantitative estimate of drug-likeness (QED) is 0.847. The van der Waals surface area contributed by atoms with E-state index in [9.17, 15) is 4.79 Å². The van der Waals surface area contributed by atoms with Crippen LogP contribution in [0, 0.1) is 11.8 Å². The van der Waals surface area contributed by atoms with Gasteiger partial charge in [0.05, 0.1) is 11.8 Å². The van der Waals surface area contributed by atoms with E-state index in [4.69, 9.17) is 5.11 Å². The second-order valence-electron chi connectivity index (χ2n) is 4.71. The SMILES string of the molecule is CC(C)n1nccc1NC(=O)c1ccccc1C#CCO. The minimum atomic E-state index is -0.250. The number of aliphatic hydroxyl groups excluding tert-OH is 1. The Morgan fingerprint density at radius 1 is 1.38 bits per heavy atom. The van der Waals surface area contributed by atoms with Crippen molar-refractivity contribution >= 4 is 11.7 Å². The van der Waals surface area contributed by atoms with Crippen LogP contribution in [0.2, 0.25) is 0 Å². The Hall–Kier alpha value is -2.58. The molecule has 2 rings (SSSR count). The Kier molecular flexibility index (Phi) is 4.75. The number of nitrogens with one attached hydrogen (secondary N) is 1. The molecule has 1 aromatic heterocycles. The van der Waals surface area contributed by atoms with Crippen LogP contribution in [0.3, 0.4) is 0 Å². The summed E-state index contributed by atoms with van der Waals surface area (Å²) < 4.78 is 1.74. The summed E-state index contributed by atoms with van der Waals surface area (Å²) in [6.45, 7) is 3.74. The number of carbonyl (C=O) groups is 1. The van der Waals surface area contributed by atoms with Crippen molar-refractivity contribution in [1.82, 2.24) is 9.78 Å². The number of amides is 1. The first-order valence-electron chi connectivity index (χ1n) is 6.67. The van der Waals surface area contributed by atoms with Crippen LogP contribution < -0.4 is 5.32 Å². The van der Waals surface area contributed by atoms with Crippen LogP contribution in [0.4, 0.5) is 5.82 Å². The lowest BCUT2D eigenvalue weighted by atomic mass is 10.1. The molecule has 2 N–H and O–H groups in total. The van der Waals surface area contributed by atoms with Crippen molar-refractivity contribution in [3.05, 3.63) is 47.7 Å². The van der Waals surface area contributed by atoms with Crippen LogP contribution >= 0.6 is 0 Å². The van der Waals surface area contributed by atoms with Gasteiger partial charge in [0, 0.05) is 17.7 Å². The van der Waals surface area contributed by atoms with E-state index in [1.807, 2.05) is 13.8 Å². The van der Waals surface area contributed by atoms with E-state index in [1.54, 1.807) is 41.2 Å². The van der Waals surface area contributed by atoms with E-state index in [0.29, 0.717) is 16.9 Å². The van der Waals surface area contributed by atoms with Crippen molar-refractivity contribution in [3.63, 3.8) is 0 Å². The fourth-order valence-corrected chi connectivity index (χ4v) is 1.93. The molecule has 0 saturated heterocycles. The number of carbonyl (C=O) groups excluding carboxylic acids is 1. The lowest BCUT2D eigenvalue weighted by Crippen LogP contribution is -2.17. The van der Waals surface area contributed by atoms with E-state index >= 15 is 0 Å². The average molecular weight is 283 g/mol. The van der Waals surface area contributed by atoms with Gasteiger partial charge < -0.3 is 10.4 Å². The monoisotopic (exact) mass is 283 g/mol. The second kappa shape index (κ2) is 6.73. The lowest BCUT2D eigenvalue weighted by molar-refractivity contribution is 0.102. The normalized spacial score (nSPS) is 10.1. The zero-order valence-corrected chi connectivity index (χ0v) is 12.0. The van der Waals surface area contributed by atoms with Gasteiger partial charge in [-0.1, -0.05) is 24.0 Å². The summed E-state index contributed by atoms with van der Waals surface area (Å²) in [5, 5.41) is 15.8. The summed E-state index contributed by atoms with van der Waals surface area (Å²) in [7, 11) is 0. The Morgan fingerprint density at radius 3 is 2.86 bits per heavy atom. The number of aromatic nitrogens is 2. The molecule has 1 heterocycles. The molecule has 0 aliphatic carbocycles. The highest BCUT2D eigenvalue weighted by Crippen LogP contribution is 2.15. The number of benzene rings is 1. The number of nitrogens with zero attached hydrogens (tertiary/aromatic N) is 2. The number of anilines is 1. The van der Waals surface area contributed by atoms with Gasteiger partial charge in [0.15, 0.2) is 0 Å². The Bertz CT molecular complexity index is 693. The van der Waals surface area contributed by atoms with Crippen molar-refractivity contribution in [3.8, 4) is 11.8 Å². The van der Waals surface area contributed by atoms with Gasteiger partial charge in [-0.3, -0.25) is 4.79 Å². The minimum absolute atomic E-state index is 0.153. The van der Waals surface area contributed by atoms with Gasteiger partial charge in [0.25, 0.3) is 5.91 Å². The molecule has 0 radical (unpaired) electrons. The molecular weight excluding hydrogens is 266 g/mol. The Labute approximate surface area is 123 Å². The van der Waals surface area contributed by atoms with Crippen LogP contribution in [-0.4, -0.2) is 27.4 Å². The molecule has 0 atom stereocenters. The van der Waals surface area contributed by atoms with Gasteiger partial charge in [-0.2, -0.15) is 5.10 Å². The standard InChI is InChI=1S/C16H17N3O2/c1-12(2)19-15(9-10-17-19)18-16(21)14-8-4-3-6-13(14)7-5-11-20/h3-4,6,8-10,12,20H,11H2,1-2H3,(H,18,21). The molecule has 0 aliphatic heterocycles. The third kappa shape index (κ3) is 3.50. The fourth-order valence-electron chi connectivity index (χ4n) is 1.93. The van der Waals surface area contributed by atoms with Crippen LogP contribution in [-0.2, 0) is 0 Å². The third-order valence-corrected chi connectivity index (χ3v) is 2.87. The van der Waals surface area contributed by atoms with Crippen LogP contribution in [0.15, 0.2) is 36.5 Å². The molecular formula is C16H17N3O2. The van der Waals surface area contributed by atoms with Gasteiger partial charge in [0.1, 0.15) is 12.4 Å². The van der Waals surface area contributed by atoms with Crippen molar-refractivity contribution in [1.29, 1.82) is 0 Å². The van der Waals surface area contributed by atoms with Crippen molar-refractivity contribution in [2.75, 3.05) is 11.9 Å². The van der Waals surface area contributed by atoms with Gasteiger partial charge in [-0.25, -0.2) is 4.68 Å². The fraction of sp³-hybridized carbons (Fsp3) is 0.250. The highest BCUT2D eigenvalue weighted by Gasteiger charge is 2.13. The maximum absolute atomic E-state index is 12.4. The predicted octanol–water partition coefficient (Wildman–Crippen LogP) is 2.06. The molecule has 0 fully saturated rings. The minimum Gasteiger partial charge on any atom is -0.384 e. The largest absolute Gasteiger partial charge is 0.384 e. The van der Waals surface area contributed by atoms with Crippen molar-refractivity contribution in [2.45, 2.75) is 19.9 Å². The van der Waals surface area contributed by atoms with Crippen molar-refractivity contribution in [2.24, 2.45) is 0 Å². The molecule has 5 nitrogen and oxygen atoms in total. The highest BCUT2D eigenvalue weighted by atomic mass is 16.2. The molecule has 108 valence electrons. The van der Waals surface area contributed by atoms with E-state index < -0.39 is 0 Å². The van der Waals surface area contributed by atoms with E-state index in [0.717, 1.165) is 0 Å². The predicted molar refractivity (Wildman–Crippen MR) is 81.0 cm³/mol. The van der Waals surface area contributed by atoms with E-state index in [-0.39, 0.29) is 18.6 Å². The summed E-state index contributed by atoms with van der Waals surface area (Å²) in [5.41, 5.74) is 1.05. The van der Waals surface area contributed by atoms with Gasteiger partial charge >= 0.3 is 0 Å². The second-order valence-corrected chi connectivity index (χ2v) is 4.71. The number of rotatable bonds is 3. The zero-order valence-electron chi connectivity index (χ0n) is 12.0. The maximum atomic E-state index is 12.4. The van der Waals surface area contributed by atoms with Gasteiger partial charge in [-0.05, 0) is 26.0 Å². The summed E-state index contributed by atoms with van der Waals surface area (Å²) in [6.07, 6.45) is 1.65. The molecule has 21 heavy (non-hydrogen) atoms. The van der Waals surface area contributed by atoms with Gasteiger partial charge in [-0.15, -0.1) is 0 Å². The molecule has 1 amide bonds. The Morgan fingerprint density at radius 2 is 2.14 bits per heavy atom. The first kappa shape index (κ1) is 14.8. The third-order valence-electron chi connectivity index (χ3n) is 2.87. The Balaban J connectivity index is 2.27. The molecule has 0 unspecified atom stereocenters. The lowest BCUT2D eigenvalue weighted by Gasteiger charge is -2.12. The molecule has 0 spiro atoms. The highest BCUT2D eigenvalue weighted by molar-refractivity contribution is 6.05. The van der Waals surface area contributed by atoms with Crippen LogP contribution in [0.25, 0.3) is 0 Å². The zero-order chi connectivity index (χ0) is 15.2. The molecule has 0 aliphatic rings. The van der Waals surface area contributed by atoms with Crippen molar-refractivity contribution < 1.29 is 9.90 Å². The summed E-state index contributed by atoms with van der Waals surface area (Å²) in [5.74, 6) is 5.72. The summed E-state index contributed by atoms with van der Waals surface area (Å²) in [6, 6.07) is 8.93. The molecule has 1 aromatic carbocycles. The molecule has 0 saturated carbocycles. The first-order chi connectivity index (χ1) is 10.1. The summed E-state index contributed by atoms with van der Waals surface area (Å²) >= 11 is 0. The number of hydrogen-bond acceptors (Lipinski definition) is 3. The number of aliphatic hydroxyl groups is 1. The molecule has 2 aromatic rings. The first-order valence-corrected chi connectivity index (χ1v) is 6.67. The number of hydrogen-bond donors (Lipinski definition) is 2. The average Bonchev–Trinajstić information content (AvgIpc) is 2.93. The molecule has 0 bridgehead atoms. The topological polar surface area (TPSA) is 67.2 Å². The van der Waals surface area contributed by atoms with Gasteiger partial charge in [0.2, 0.25) is 0 Å². The maximum Gasteiger partial charge on any atom is 0.258 e.